The van der Waals surface area contributed by atoms with Crippen LogP contribution < -0.4 is 10.6 Å². The molecule has 1 aliphatic rings. The van der Waals surface area contributed by atoms with E-state index < -0.39 is 0 Å². The lowest BCUT2D eigenvalue weighted by Gasteiger charge is -2.19. The molecule has 2 aromatic rings. The van der Waals surface area contributed by atoms with Gasteiger partial charge in [0.25, 0.3) is 0 Å². The molecular weight excluding hydrogens is 232 g/mol. The molecule has 0 spiro atoms. The molecule has 1 heterocycles. The molecule has 2 N–H and O–H groups in total. The predicted molar refractivity (Wildman–Crippen MR) is 81.5 cm³/mol. The number of anilines is 2. The minimum Gasteiger partial charge on any atom is -0.399 e. The number of hydrogen-bond donors (Lipinski definition) is 1. The van der Waals surface area contributed by atoms with Crippen molar-refractivity contribution in [2.75, 3.05) is 23.7 Å². The van der Waals surface area contributed by atoms with E-state index in [9.17, 15) is 0 Å². The predicted octanol–water partition coefficient (Wildman–Crippen LogP) is 3.26. The molecule has 0 atom stereocenters. The maximum Gasteiger partial charge on any atom is 0.0401 e. The van der Waals surface area contributed by atoms with Crippen LogP contribution in [0.2, 0.25) is 0 Å². The lowest BCUT2D eigenvalue weighted by molar-refractivity contribution is 0.751. The van der Waals surface area contributed by atoms with Crippen molar-refractivity contribution in [3.63, 3.8) is 0 Å². The Hall–Kier alpha value is -1.96. The molecule has 0 fully saturated rings. The molecule has 0 aliphatic carbocycles. The lowest BCUT2D eigenvalue weighted by Crippen LogP contribution is -2.22. The SMILES string of the molecule is Nc1ccc2c(c1)CCN2CCCc1ccccc1. The second kappa shape index (κ2) is 5.35. The van der Waals surface area contributed by atoms with Gasteiger partial charge in [-0.1, -0.05) is 30.3 Å². The molecule has 0 amide bonds. The first kappa shape index (κ1) is 12.1. The van der Waals surface area contributed by atoms with Gasteiger partial charge in [0.1, 0.15) is 0 Å². The Kier molecular flexibility index (Phi) is 3.41. The molecule has 2 aromatic carbocycles. The van der Waals surface area contributed by atoms with Gasteiger partial charge in [-0.2, -0.15) is 0 Å². The highest BCUT2D eigenvalue weighted by atomic mass is 15.1. The van der Waals surface area contributed by atoms with Crippen LogP contribution in [0.1, 0.15) is 17.5 Å². The number of benzene rings is 2. The highest BCUT2D eigenvalue weighted by molar-refractivity contribution is 5.62. The van der Waals surface area contributed by atoms with Crippen molar-refractivity contribution in [2.45, 2.75) is 19.3 Å². The minimum atomic E-state index is 0.880. The molecular formula is C17H20N2. The van der Waals surface area contributed by atoms with Crippen molar-refractivity contribution >= 4 is 11.4 Å². The first-order valence-corrected chi connectivity index (χ1v) is 7.00. The zero-order valence-electron chi connectivity index (χ0n) is 11.2. The van der Waals surface area contributed by atoms with Crippen LogP contribution >= 0.6 is 0 Å². The molecule has 1 aliphatic heterocycles. The second-order valence-electron chi connectivity index (χ2n) is 5.21. The summed E-state index contributed by atoms with van der Waals surface area (Å²) in [6, 6.07) is 17.0. The number of fused-ring (bicyclic) bond motifs is 1. The molecule has 0 saturated carbocycles. The molecule has 2 nitrogen and oxygen atoms in total. The van der Waals surface area contributed by atoms with Crippen LogP contribution in [0.25, 0.3) is 0 Å². The van der Waals surface area contributed by atoms with E-state index in [-0.39, 0.29) is 0 Å². The van der Waals surface area contributed by atoms with E-state index in [0.29, 0.717) is 0 Å². The summed E-state index contributed by atoms with van der Waals surface area (Å²) in [5.41, 5.74) is 10.9. The zero-order valence-corrected chi connectivity index (χ0v) is 11.2. The van der Waals surface area contributed by atoms with E-state index in [1.807, 2.05) is 6.07 Å². The summed E-state index contributed by atoms with van der Waals surface area (Å²) < 4.78 is 0. The van der Waals surface area contributed by atoms with Crippen molar-refractivity contribution in [3.8, 4) is 0 Å². The number of nitrogens with two attached hydrogens (primary N) is 1. The fourth-order valence-corrected chi connectivity index (χ4v) is 2.84. The Balaban J connectivity index is 1.58. The van der Waals surface area contributed by atoms with Crippen LogP contribution in [0, 0.1) is 0 Å². The minimum absolute atomic E-state index is 0.880. The summed E-state index contributed by atoms with van der Waals surface area (Å²) in [6.45, 7) is 2.26. The summed E-state index contributed by atoms with van der Waals surface area (Å²) in [7, 11) is 0. The Morgan fingerprint density at radius 3 is 2.74 bits per heavy atom. The molecule has 0 bridgehead atoms. The van der Waals surface area contributed by atoms with E-state index in [4.69, 9.17) is 5.73 Å². The van der Waals surface area contributed by atoms with Crippen molar-refractivity contribution < 1.29 is 0 Å². The van der Waals surface area contributed by atoms with Gasteiger partial charge in [0.2, 0.25) is 0 Å². The van der Waals surface area contributed by atoms with Crippen LogP contribution in [-0.2, 0) is 12.8 Å². The van der Waals surface area contributed by atoms with Gasteiger partial charge in [0.15, 0.2) is 0 Å². The van der Waals surface area contributed by atoms with E-state index in [0.717, 1.165) is 31.6 Å². The van der Waals surface area contributed by atoms with Crippen molar-refractivity contribution in [1.82, 2.24) is 0 Å². The van der Waals surface area contributed by atoms with Crippen LogP contribution in [-0.4, -0.2) is 13.1 Å². The van der Waals surface area contributed by atoms with Crippen molar-refractivity contribution in [3.05, 3.63) is 59.7 Å². The van der Waals surface area contributed by atoms with Gasteiger partial charge in [-0.25, -0.2) is 0 Å². The summed E-state index contributed by atoms with van der Waals surface area (Å²) in [5.74, 6) is 0. The molecule has 0 saturated heterocycles. The van der Waals surface area contributed by atoms with E-state index in [1.54, 1.807) is 0 Å². The van der Waals surface area contributed by atoms with E-state index in [2.05, 4.69) is 47.4 Å². The molecule has 3 rings (SSSR count). The van der Waals surface area contributed by atoms with Gasteiger partial charge in [-0.05, 0) is 48.6 Å². The van der Waals surface area contributed by atoms with Gasteiger partial charge in [0.05, 0.1) is 0 Å². The molecule has 0 aromatic heterocycles. The fraction of sp³-hybridized carbons (Fsp3) is 0.294. The second-order valence-corrected chi connectivity index (χ2v) is 5.21. The smallest absolute Gasteiger partial charge is 0.0401 e. The van der Waals surface area contributed by atoms with Gasteiger partial charge < -0.3 is 10.6 Å². The largest absolute Gasteiger partial charge is 0.399 e. The average Bonchev–Trinajstić information content (AvgIpc) is 2.82. The Morgan fingerprint density at radius 1 is 1.05 bits per heavy atom. The van der Waals surface area contributed by atoms with Crippen LogP contribution in [0.5, 0.6) is 0 Å². The molecule has 19 heavy (non-hydrogen) atoms. The number of hydrogen-bond acceptors (Lipinski definition) is 2. The van der Waals surface area contributed by atoms with Crippen LogP contribution in [0.15, 0.2) is 48.5 Å². The Bertz CT molecular complexity index is 548. The number of nitrogen functional groups attached to an aromatic ring is 1. The summed E-state index contributed by atoms with van der Waals surface area (Å²) in [5, 5.41) is 0. The fourth-order valence-electron chi connectivity index (χ4n) is 2.84. The van der Waals surface area contributed by atoms with E-state index >= 15 is 0 Å². The maximum absolute atomic E-state index is 5.83. The van der Waals surface area contributed by atoms with Crippen LogP contribution in [0.3, 0.4) is 0 Å². The molecule has 0 unspecified atom stereocenters. The monoisotopic (exact) mass is 252 g/mol. The summed E-state index contributed by atoms with van der Waals surface area (Å²) in [4.78, 5) is 2.48. The van der Waals surface area contributed by atoms with Crippen molar-refractivity contribution in [2.24, 2.45) is 0 Å². The molecule has 98 valence electrons. The van der Waals surface area contributed by atoms with Crippen LogP contribution in [0.4, 0.5) is 11.4 Å². The average molecular weight is 252 g/mol. The number of aryl methyl sites for hydroxylation is 1. The first-order chi connectivity index (χ1) is 9.33. The summed E-state index contributed by atoms with van der Waals surface area (Å²) in [6.07, 6.45) is 3.49. The quantitative estimate of drug-likeness (QED) is 0.846. The highest BCUT2D eigenvalue weighted by Gasteiger charge is 2.18. The lowest BCUT2D eigenvalue weighted by atomic mass is 10.1. The Morgan fingerprint density at radius 2 is 1.89 bits per heavy atom. The zero-order chi connectivity index (χ0) is 13.1. The number of rotatable bonds is 4. The van der Waals surface area contributed by atoms with Gasteiger partial charge in [-0.15, -0.1) is 0 Å². The first-order valence-electron chi connectivity index (χ1n) is 7.00. The third kappa shape index (κ3) is 2.73. The van der Waals surface area contributed by atoms with Gasteiger partial charge in [-0.3, -0.25) is 0 Å². The van der Waals surface area contributed by atoms with Gasteiger partial charge >= 0.3 is 0 Å². The molecule has 2 heteroatoms. The third-order valence-electron chi connectivity index (χ3n) is 3.83. The molecule has 0 radical (unpaired) electrons. The standard InChI is InChI=1S/C17H20N2/c18-16-8-9-17-15(13-16)10-12-19(17)11-4-7-14-5-2-1-3-6-14/h1-3,5-6,8-9,13H,4,7,10-12,18H2. The van der Waals surface area contributed by atoms with E-state index in [1.165, 1.54) is 23.2 Å². The Labute approximate surface area is 114 Å². The third-order valence-corrected chi connectivity index (χ3v) is 3.83. The normalized spacial score (nSPS) is 13.6. The topological polar surface area (TPSA) is 29.3 Å². The maximum atomic E-state index is 5.83. The van der Waals surface area contributed by atoms with Crippen molar-refractivity contribution in [1.29, 1.82) is 0 Å². The number of nitrogens with zero attached hydrogens (tertiary/aromatic N) is 1. The highest BCUT2D eigenvalue weighted by Crippen LogP contribution is 2.29. The summed E-state index contributed by atoms with van der Waals surface area (Å²) >= 11 is 0. The van der Waals surface area contributed by atoms with Gasteiger partial charge in [0, 0.05) is 24.5 Å².